The summed E-state index contributed by atoms with van der Waals surface area (Å²) in [5.74, 6) is 0. The molecule has 60 valence electrons. The molecule has 0 saturated heterocycles. The Hall–Kier alpha value is 0.140. The van der Waals surface area contributed by atoms with Crippen molar-refractivity contribution < 1.29 is 5.11 Å². The Balaban J connectivity index is 2.96. The molecule has 1 nitrogen and oxygen atoms in total. The lowest BCUT2D eigenvalue weighted by Crippen LogP contribution is -1.91. The van der Waals surface area contributed by atoms with E-state index in [1.54, 1.807) is 0 Å². The molecule has 3 heteroatoms. The number of aliphatic hydroxyl groups excluding tert-OH is 1. The summed E-state index contributed by atoms with van der Waals surface area (Å²) >= 11 is 6.81. The zero-order valence-electron chi connectivity index (χ0n) is 5.85. The van der Waals surface area contributed by atoms with E-state index in [2.05, 4.69) is 31.9 Å². The van der Waals surface area contributed by atoms with Crippen molar-refractivity contribution in [2.45, 2.75) is 6.42 Å². The van der Waals surface area contributed by atoms with E-state index < -0.39 is 0 Å². The van der Waals surface area contributed by atoms with Crippen molar-refractivity contribution in [3.63, 3.8) is 0 Å². The van der Waals surface area contributed by atoms with Crippen LogP contribution in [0, 0.1) is 0 Å². The number of rotatable bonds is 2. The van der Waals surface area contributed by atoms with Crippen LogP contribution in [-0.4, -0.2) is 11.7 Å². The molecule has 0 bridgehead atoms. The van der Waals surface area contributed by atoms with Gasteiger partial charge in [0.2, 0.25) is 0 Å². The molecule has 0 amide bonds. The molecule has 0 radical (unpaired) electrons. The Morgan fingerprint density at radius 3 is 2.64 bits per heavy atom. The summed E-state index contributed by atoms with van der Waals surface area (Å²) in [6.45, 7) is 0.190. The molecule has 0 aliphatic heterocycles. The first kappa shape index (κ1) is 9.23. The Labute approximate surface area is 82.7 Å². The molecule has 0 aromatic heterocycles. The summed E-state index contributed by atoms with van der Waals surface area (Å²) in [4.78, 5) is 0. The Bertz CT molecular complexity index is 248. The summed E-state index contributed by atoms with van der Waals surface area (Å²) < 4.78 is 2.07. The van der Waals surface area contributed by atoms with Crippen LogP contribution >= 0.6 is 31.9 Å². The molecule has 11 heavy (non-hydrogen) atoms. The summed E-state index contributed by atoms with van der Waals surface area (Å²) in [7, 11) is 0. The second-order valence-corrected chi connectivity index (χ2v) is 3.83. The molecule has 0 heterocycles. The molecule has 0 unspecified atom stereocenters. The Morgan fingerprint density at radius 1 is 1.27 bits per heavy atom. The topological polar surface area (TPSA) is 20.2 Å². The van der Waals surface area contributed by atoms with Crippen molar-refractivity contribution in [1.29, 1.82) is 0 Å². The fourth-order valence-electron chi connectivity index (χ4n) is 0.862. The van der Waals surface area contributed by atoms with E-state index in [1.807, 2.05) is 18.2 Å². The maximum atomic E-state index is 8.70. The van der Waals surface area contributed by atoms with Gasteiger partial charge in [0.1, 0.15) is 0 Å². The molecular weight excluding hydrogens is 272 g/mol. The number of hydrogen-bond donors (Lipinski definition) is 1. The van der Waals surface area contributed by atoms with E-state index in [0.29, 0.717) is 6.42 Å². The molecule has 1 aromatic rings. The van der Waals surface area contributed by atoms with Crippen LogP contribution in [0.3, 0.4) is 0 Å². The highest BCUT2D eigenvalue weighted by atomic mass is 79.9. The predicted molar refractivity (Wildman–Crippen MR) is 52.6 cm³/mol. The summed E-state index contributed by atoms with van der Waals surface area (Å²) in [6.07, 6.45) is 0.694. The van der Waals surface area contributed by atoms with Crippen molar-refractivity contribution in [2.24, 2.45) is 0 Å². The molecule has 0 atom stereocenters. The van der Waals surface area contributed by atoms with E-state index in [9.17, 15) is 0 Å². The summed E-state index contributed by atoms with van der Waals surface area (Å²) in [6, 6.07) is 5.91. The van der Waals surface area contributed by atoms with Crippen molar-refractivity contribution in [1.82, 2.24) is 0 Å². The number of benzene rings is 1. The lowest BCUT2D eigenvalue weighted by atomic mass is 10.2. The highest BCUT2D eigenvalue weighted by molar-refractivity contribution is 9.13. The second kappa shape index (κ2) is 4.24. The van der Waals surface area contributed by atoms with Gasteiger partial charge in [0.15, 0.2) is 0 Å². The fourth-order valence-corrected chi connectivity index (χ4v) is 1.73. The van der Waals surface area contributed by atoms with E-state index in [0.717, 1.165) is 14.5 Å². The van der Waals surface area contributed by atoms with Gasteiger partial charge in [-0.15, -0.1) is 0 Å². The molecule has 0 spiro atoms. The minimum absolute atomic E-state index is 0.190. The van der Waals surface area contributed by atoms with Crippen molar-refractivity contribution >= 4 is 31.9 Å². The summed E-state index contributed by atoms with van der Waals surface area (Å²) in [5, 5.41) is 8.70. The zero-order valence-corrected chi connectivity index (χ0v) is 9.02. The first-order chi connectivity index (χ1) is 5.25. The number of aliphatic hydroxyl groups is 1. The first-order valence-electron chi connectivity index (χ1n) is 3.29. The van der Waals surface area contributed by atoms with Gasteiger partial charge in [0.25, 0.3) is 0 Å². The average Bonchev–Trinajstić information content (AvgIpc) is 1.99. The Kier molecular flexibility index (Phi) is 3.55. The highest BCUT2D eigenvalue weighted by Crippen LogP contribution is 2.26. The van der Waals surface area contributed by atoms with Crippen LogP contribution in [0.5, 0.6) is 0 Å². The van der Waals surface area contributed by atoms with Crippen LogP contribution in [0.2, 0.25) is 0 Å². The SMILES string of the molecule is OCCc1cccc(Br)c1Br. The average molecular weight is 280 g/mol. The molecule has 0 saturated carbocycles. The van der Waals surface area contributed by atoms with Crippen LogP contribution in [-0.2, 0) is 6.42 Å². The van der Waals surface area contributed by atoms with Crippen LogP contribution in [0.1, 0.15) is 5.56 Å². The monoisotopic (exact) mass is 278 g/mol. The van der Waals surface area contributed by atoms with Gasteiger partial charge >= 0.3 is 0 Å². The quantitative estimate of drug-likeness (QED) is 0.883. The largest absolute Gasteiger partial charge is 0.396 e. The third-order valence-corrected chi connectivity index (χ3v) is 3.54. The van der Waals surface area contributed by atoms with Gasteiger partial charge in [-0.2, -0.15) is 0 Å². The lowest BCUT2D eigenvalue weighted by Gasteiger charge is -2.02. The van der Waals surface area contributed by atoms with Crippen LogP contribution in [0.25, 0.3) is 0 Å². The maximum absolute atomic E-state index is 8.70. The summed E-state index contributed by atoms with van der Waals surface area (Å²) in [5.41, 5.74) is 1.13. The lowest BCUT2D eigenvalue weighted by molar-refractivity contribution is 0.299. The standard InChI is InChI=1S/C8H8Br2O/c9-7-3-1-2-6(4-5-11)8(7)10/h1-3,11H,4-5H2. The predicted octanol–water partition coefficient (Wildman–Crippen LogP) is 2.75. The molecule has 0 fully saturated rings. The van der Waals surface area contributed by atoms with Gasteiger partial charge in [0.05, 0.1) is 0 Å². The van der Waals surface area contributed by atoms with Crippen molar-refractivity contribution in [2.75, 3.05) is 6.61 Å². The second-order valence-electron chi connectivity index (χ2n) is 2.19. The van der Waals surface area contributed by atoms with E-state index in [1.165, 1.54) is 0 Å². The van der Waals surface area contributed by atoms with E-state index in [-0.39, 0.29) is 6.61 Å². The molecule has 0 aliphatic rings. The molecule has 1 N–H and O–H groups in total. The number of hydrogen-bond acceptors (Lipinski definition) is 1. The van der Waals surface area contributed by atoms with Crippen LogP contribution < -0.4 is 0 Å². The normalized spacial score (nSPS) is 10.1. The smallest absolute Gasteiger partial charge is 0.0471 e. The van der Waals surface area contributed by atoms with Gasteiger partial charge in [-0.25, -0.2) is 0 Å². The minimum atomic E-state index is 0.190. The van der Waals surface area contributed by atoms with E-state index in [4.69, 9.17) is 5.11 Å². The fraction of sp³-hybridized carbons (Fsp3) is 0.250. The zero-order chi connectivity index (χ0) is 8.27. The molecule has 1 rings (SSSR count). The number of halogens is 2. The van der Waals surface area contributed by atoms with Gasteiger partial charge in [-0.3, -0.25) is 0 Å². The van der Waals surface area contributed by atoms with Crippen LogP contribution in [0.4, 0.5) is 0 Å². The molecule has 1 aromatic carbocycles. The van der Waals surface area contributed by atoms with Gasteiger partial charge in [-0.1, -0.05) is 12.1 Å². The van der Waals surface area contributed by atoms with Gasteiger partial charge in [-0.05, 0) is 49.9 Å². The first-order valence-corrected chi connectivity index (χ1v) is 4.88. The van der Waals surface area contributed by atoms with E-state index >= 15 is 0 Å². The molecule has 0 aliphatic carbocycles. The van der Waals surface area contributed by atoms with Crippen molar-refractivity contribution in [3.8, 4) is 0 Å². The minimum Gasteiger partial charge on any atom is -0.396 e. The van der Waals surface area contributed by atoms with Gasteiger partial charge in [0, 0.05) is 15.6 Å². The van der Waals surface area contributed by atoms with Crippen molar-refractivity contribution in [3.05, 3.63) is 32.7 Å². The Morgan fingerprint density at radius 2 is 2.00 bits per heavy atom. The highest BCUT2D eigenvalue weighted by Gasteiger charge is 2.01. The third kappa shape index (κ3) is 2.29. The van der Waals surface area contributed by atoms with Crippen LogP contribution in [0.15, 0.2) is 27.1 Å². The maximum Gasteiger partial charge on any atom is 0.0471 e. The molecular formula is C8H8Br2O. The third-order valence-electron chi connectivity index (χ3n) is 1.41. The van der Waals surface area contributed by atoms with Gasteiger partial charge < -0.3 is 5.11 Å².